The maximum absolute atomic E-state index is 13.6. The van der Waals surface area contributed by atoms with Gasteiger partial charge in [0, 0.05) is 30.5 Å². The molecule has 1 aliphatic rings. The number of rotatable bonds is 5. The second-order valence-corrected chi connectivity index (χ2v) is 8.73. The van der Waals surface area contributed by atoms with Crippen molar-refractivity contribution in [1.82, 2.24) is 19.9 Å². The van der Waals surface area contributed by atoms with Crippen LogP contribution >= 0.6 is 0 Å². The van der Waals surface area contributed by atoms with Crippen molar-refractivity contribution in [2.45, 2.75) is 32.2 Å². The van der Waals surface area contributed by atoms with Gasteiger partial charge in [0.25, 0.3) is 5.91 Å². The number of nitrogens with one attached hydrogen (secondary N) is 2. The Balaban J connectivity index is 1.52. The van der Waals surface area contributed by atoms with Gasteiger partial charge < -0.3 is 19.6 Å². The van der Waals surface area contributed by atoms with E-state index in [1.54, 1.807) is 13.3 Å². The van der Waals surface area contributed by atoms with Gasteiger partial charge in [0.15, 0.2) is 0 Å². The molecule has 2 N–H and O–H groups in total. The number of methoxy groups -OCH3 is 1. The molecule has 32 heavy (non-hydrogen) atoms. The predicted octanol–water partition coefficient (Wildman–Crippen LogP) is 4.55. The van der Waals surface area contributed by atoms with E-state index in [4.69, 9.17) is 4.74 Å². The minimum absolute atomic E-state index is 0.119. The second-order valence-electron chi connectivity index (χ2n) is 8.73. The molecule has 1 aliphatic carbocycles. The Morgan fingerprint density at radius 1 is 1.25 bits per heavy atom. The first-order valence-corrected chi connectivity index (χ1v) is 11.1. The summed E-state index contributed by atoms with van der Waals surface area (Å²) in [5.74, 6) is 2.10. The summed E-state index contributed by atoms with van der Waals surface area (Å²) in [7, 11) is 3.58. The largest absolute Gasteiger partial charge is 0.497 e. The van der Waals surface area contributed by atoms with Crippen molar-refractivity contribution < 1.29 is 9.53 Å². The minimum Gasteiger partial charge on any atom is -0.497 e. The zero-order chi connectivity index (χ0) is 22.2. The number of H-pyrrole nitrogens is 1. The van der Waals surface area contributed by atoms with E-state index in [-0.39, 0.29) is 11.9 Å². The number of hydrogen-bond acceptors (Lipinski definition) is 3. The lowest BCUT2D eigenvalue weighted by atomic mass is 9.87. The molecule has 6 nitrogen and oxygen atoms in total. The molecule has 0 fully saturated rings. The minimum atomic E-state index is -0.381. The quantitative estimate of drug-likeness (QED) is 0.490. The van der Waals surface area contributed by atoms with Gasteiger partial charge in [0.05, 0.1) is 18.2 Å². The second kappa shape index (κ2) is 8.19. The highest BCUT2D eigenvalue weighted by Gasteiger charge is 2.25. The first-order chi connectivity index (χ1) is 15.5. The molecule has 164 valence electrons. The van der Waals surface area contributed by atoms with E-state index in [0.717, 1.165) is 40.9 Å². The summed E-state index contributed by atoms with van der Waals surface area (Å²) in [5.41, 5.74) is 5.17. The SMILES string of the molecule is COc1ccc(C(NC(=O)c2cccc3c4c([nH]c23)CCC(C)C4)c2nccn2C)cc1. The van der Waals surface area contributed by atoms with Crippen LogP contribution in [0.4, 0.5) is 0 Å². The summed E-state index contributed by atoms with van der Waals surface area (Å²) in [5, 5.41) is 4.39. The van der Waals surface area contributed by atoms with E-state index in [2.05, 4.69) is 28.3 Å². The molecule has 0 aliphatic heterocycles. The maximum Gasteiger partial charge on any atom is 0.254 e. The van der Waals surface area contributed by atoms with Crippen molar-refractivity contribution in [3.05, 3.63) is 83.1 Å². The van der Waals surface area contributed by atoms with Crippen molar-refractivity contribution in [1.29, 1.82) is 0 Å². The highest BCUT2D eigenvalue weighted by Crippen LogP contribution is 2.33. The van der Waals surface area contributed by atoms with E-state index >= 15 is 0 Å². The lowest BCUT2D eigenvalue weighted by molar-refractivity contribution is 0.0942. The number of carbonyl (C=O) groups excluding carboxylic acids is 1. The van der Waals surface area contributed by atoms with Crippen LogP contribution in [-0.2, 0) is 19.9 Å². The van der Waals surface area contributed by atoms with Gasteiger partial charge in [-0.05, 0) is 54.5 Å². The molecule has 0 radical (unpaired) electrons. The molecule has 6 heteroatoms. The molecule has 2 heterocycles. The molecule has 0 bridgehead atoms. The molecule has 2 unspecified atom stereocenters. The van der Waals surface area contributed by atoms with Crippen molar-refractivity contribution in [2.75, 3.05) is 7.11 Å². The Bertz CT molecular complexity index is 1270. The van der Waals surface area contributed by atoms with Crippen LogP contribution in [0.3, 0.4) is 0 Å². The predicted molar refractivity (Wildman–Crippen MR) is 125 cm³/mol. The van der Waals surface area contributed by atoms with Gasteiger partial charge in [0.1, 0.15) is 17.6 Å². The van der Waals surface area contributed by atoms with Crippen LogP contribution in [0.25, 0.3) is 10.9 Å². The molecule has 0 saturated heterocycles. The average molecular weight is 429 g/mol. The fourth-order valence-corrected chi connectivity index (χ4v) is 4.76. The standard InChI is InChI=1S/C26H28N4O2/c1-16-7-12-22-21(15-16)19-5-4-6-20(24(19)28-22)26(31)29-23(25-27-13-14-30(25)2)17-8-10-18(32-3)11-9-17/h4-6,8-11,13-14,16,23,28H,7,12,15H2,1-3H3,(H,29,31). The Morgan fingerprint density at radius 2 is 2.06 bits per heavy atom. The van der Waals surface area contributed by atoms with E-state index in [1.165, 1.54) is 17.7 Å². The first-order valence-electron chi connectivity index (χ1n) is 11.1. The fourth-order valence-electron chi connectivity index (χ4n) is 4.76. The first kappa shape index (κ1) is 20.4. The molecule has 2 aromatic heterocycles. The highest BCUT2D eigenvalue weighted by molar-refractivity contribution is 6.07. The van der Waals surface area contributed by atoms with Gasteiger partial charge in [-0.2, -0.15) is 0 Å². The van der Waals surface area contributed by atoms with Crippen molar-refractivity contribution in [2.24, 2.45) is 13.0 Å². The Kier molecular flexibility index (Phi) is 5.21. The Hall–Kier alpha value is -3.54. The maximum atomic E-state index is 13.6. The van der Waals surface area contributed by atoms with Crippen molar-refractivity contribution >= 4 is 16.8 Å². The zero-order valence-corrected chi connectivity index (χ0v) is 18.7. The number of aromatic nitrogens is 3. The number of imidazole rings is 1. The molecule has 2 aromatic carbocycles. The monoisotopic (exact) mass is 428 g/mol. The number of amides is 1. The third-order valence-corrected chi connectivity index (χ3v) is 6.56. The van der Waals surface area contributed by atoms with Crippen LogP contribution in [0.2, 0.25) is 0 Å². The van der Waals surface area contributed by atoms with Crippen LogP contribution in [0.5, 0.6) is 5.75 Å². The van der Waals surface area contributed by atoms with Gasteiger partial charge in [-0.1, -0.05) is 31.2 Å². The van der Waals surface area contributed by atoms with Crippen molar-refractivity contribution in [3.8, 4) is 5.75 Å². The summed E-state index contributed by atoms with van der Waals surface area (Å²) >= 11 is 0. The third-order valence-electron chi connectivity index (χ3n) is 6.56. The number of nitrogens with zero attached hydrogens (tertiary/aromatic N) is 2. The molecule has 2 atom stereocenters. The fraction of sp³-hybridized carbons (Fsp3) is 0.308. The number of fused-ring (bicyclic) bond motifs is 3. The summed E-state index contributed by atoms with van der Waals surface area (Å²) in [4.78, 5) is 21.6. The van der Waals surface area contributed by atoms with Gasteiger partial charge in [-0.3, -0.25) is 4.79 Å². The number of aryl methyl sites for hydroxylation is 2. The summed E-state index contributed by atoms with van der Waals surface area (Å²) < 4.78 is 7.23. The number of carbonyl (C=O) groups is 1. The number of para-hydroxylation sites is 1. The lowest BCUT2D eigenvalue weighted by Gasteiger charge is -2.20. The van der Waals surface area contributed by atoms with Crippen LogP contribution in [0, 0.1) is 5.92 Å². The van der Waals surface area contributed by atoms with Crippen LogP contribution < -0.4 is 10.1 Å². The topological polar surface area (TPSA) is 71.9 Å². The van der Waals surface area contributed by atoms with Crippen molar-refractivity contribution in [3.63, 3.8) is 0 Å². The number of benzene rings is 2. The van der Waals surface area contributed by atoms with E-state index in [0.29, 0.717) is 11.5 Å². The van der Waals surface area contributed by atoms with Gasteiger partial charge in [0.2, 0.25) is 0 Å². The van der Waals surface area contributed by atoms with Crippen LogP contribution in [-0.4, -0.2) is 27.6 Å². The average Bonchev–Trinajstić information content (AvgIpc) is 3.40. The molecular formula is C26H28N4O2. The van der Waals surface area contributed by atoms with Crippen LogP contribution in [0.1, 0.15) is 52.4 Å². The molecule has 0 saturated carbocycles. The summed E-state index contributed by atoms with van der Waals surface area (Å²) in [6.45, 7) is 2.30. The Morgan fingerprint density at radius 3 is 2.78 bits per heavy atom. The molecule has 5 rings (SSSR count). The van der Waals surface area contributed by atoms with E-state index < -0.39 is 0 Å². The molecular weight excluding hydrogens is 400 g/mol. The molecule has 0 spiro atoms. The highest BCUT2D eigenvalue weighted by atomic mass is 16.5. The number of ether oxygens (including phenoxy) is 1. The van der Waals surface area contributed by atoms with E-state index in [1.807, 2.05) is 54.2 Å². The molecule has 1 amide bonds. The number of aromatic amines is 1. The zero-order valence-electron chi connectivity index (χ0n) is 18.7. The van der Waals surface area contributed by atoms with E-state index in [9.17, 15) is 4.79 Å². The van der Waals surface area contributed by atoms with Gasteiger partial charge >= 0.3 is 0 Å². The normalized spacial score (nSPS) is 16.5. The number of hydrogen-bond donors (Lipinski definition) is 2. The Labute approximate surface area is 187 Å². The summed E-state index contributed by atoms with van der Waals surface area (Å²) in [6.07, 6.45) is 6.91. The molecule has 4 aromatic rings. The lowest BCUT2D eigenvalue weighted by Crippen LogP contribution is -2.31. The van der Waals surface area contributed by atoms with Gasteiger partial charge in [-0.15, -0.1) is 0 Å². The van der Waals surface area contributed by atoms with Crippen LogP contribution in [0.15, 0.2) is 54.9 Å². The third kappa shape index (κ3) is 3.55. The van der Waals surface area contributed by atoms with Gasteiger partial charge in [-0.25, -0.2) is 4.98 Å². The smallest absolute Gasteiger partial charge is 0.254 e. The summed E-state index contributed by atoms with van der Waals surface area (Å²) in [6, 6.07) is 13.4.